The van der Waals surface area contributed by atoms with Crippen LogP contribution in [0.1, 0.15) is 19.8 Å². The molecule has 0 aliphatic carbocycles. The zero-order chi connectivity index (χ0) is 12.3. The van der Waals surface area contributed by atoms with Crippen LogP contribution in [0.2, 0.25) is 0 Å². The van der Waals surface area contributed by atoms with Gasteiger partial charge in [-0.05, 0) is 18.8 Å². The molecular weight excluding hydrogens is 218 g/mol. The van der Waals surface area contributed by atoms with Crippen molar-refractivity contribution in [2.75, 3.05) is 39.3 Å². The van der Waals surface area contributed by atoms with Gasteiger partial charge in [-0.1, -0.05) is 6.92 Å². The fourth-order valence-electron chi connectivity index (χ4n) is 2.53. The summed E-state index contributed by atoms with van der Waals surface area (Å²) < 4.78 is 0. The van der Waals surface area contributed by atoms with Gasteiger partial charge in [0.2, 0.25) is 11.8 Å². The molecule has 0 aromatic rings. The first-order valence-electron chi connectivity index (χ1n) is 6.42. The van der Waals surface area contributed by atoms with Crippen LogP contribution in [0.25, 0.3) is 0 Å². The Morgan fingerprint density at radius 2 is 2.29 bits per heavy atom. The number of piperazine rings is 1. The Kier molecular flexibility index (Phi) is 3.99. The SMILES string of the molecule is CC1CCCN(C(=O)CN2CCNC(=O)C2)C1. The molecule has 0 aromatic carbocycles. The maximum atomic E-state index is 12.1. The van der Waals surface area contributed by atoms with Crippen LogP contribution in [0.4, 0.5) is 0 Å². The first-order chi connectivity index (χ1) is 8.15. The average Bonchev–Trinajstić information content (AvgIpc) is 2.29. The standard InChI is InChI=1S/C12H21N3O2/c1-10-3-2-5-15(7-10)12(17)9-14-6-4-13-11(16)8-14/h10H,2-9H2,1H3,(H,13,16). The highest BCUT2D eigenvalue weighted by atomic mass is 16.2. The van der Waals surface area contributed by atoms with Crippen molar-refractivity contribution in [3.05, 3.63) is 0 Å². The minimum absolute atomic E-state index is 0.0241. The monoisotopic (exact) mass is 239 g/mol. The number of piperidine rings is 1. The van der Waals surface area contributed by atoms with E-state index < -0.39 is 0 Å². The largest absolute Gasteiger partial charge is 0.354 e. The summed E-state index contributed by atoms with van der Waals surface area (Å²) in [5.41, 5.74) is 0. The lowest BCUT2D eigenvalue weighted by Crippen LogP contribution is -2.52. The molecule has 0 aromatic heterocycles. The van der Waals surface area contributed by atoms with E-state index in [2.05, 4.69) is 12.2 Å². The Labute approximate surface area is 102 Å². The van der Waals surface area contributed by atoms with Gasteiger partial charge in [0.25, 0.3) is 0 Å². The van der Waals surface area contributed by atoms with Gasteiger partial charge in [0.1, 0.15) is 0 Å². The second-order valence-corrected chi connectivity index (χ2v) is 5.15. The quantitative estimate of drug-likeness (QED) is 0.718. The van der Waals surface area contributed by atoms with Crippen molar-refractivity contribution >= 4 is 11.8 Å². The van der Waals surface area contributed by atoms with E-state index in [0.717, 1.165) is 26.1 Å². The van der Waals surface area contributed by atoms with Crippen LogP contribution in [0, 0.1) is 5.92 Å². The van der Waals surface area contributed by atoms with E-state index in [1.54, 1.807) is 0 Å². The second-order valence-electron chi connectivity index (χ2n) is 5.15. The van der Waals surface area contributed by atoms with Crippen LogP contribution in [-0.2, 0) is 9.59 Å². The summed E-state index contributed by atoms with van der Waals surface area (Å²) in [4.78, 5) is 27.2. The van der Waals surface area contributed by atoms with Gasteiger partial charge < -0.3 is 10.2 Å². The fourth-order valence-corrected chi connectivity index (χ4v) is 2.53. The van der Waals surface area contributed by atoms with Gasteiger partial charge in [0, 0.05) is 26.2 Å². The number of hydrogen-bond donors (Lipinski definition) is 1. The summed E-state index contributed by atoms with van der Waals surface area (Å²) in [6, 6.07) is 0. The normalized spacial score (nSPS) is 26.8. The van der Waals surface area contributed by atoms with E-state index in [-0.39, 0.29) is 11.8 Å². The molecule has 1 atom stereocenters. The van der Waals surface area contributed by atoms with Crippen LogP contribution in [-0.4, -0.2) is 60.9 Å². The van der Waals surface area contributed by atoms with E-state index in [1.807, 2.05) is 9.80 Å². The van der Waals surface area contributed by atoms with Gasteiger partial charge in [0.05, 0.1) is 13.1 Å². The number of nitrogens with zero attached hydrogens (tertiary/aromatic N) is 2. The maximum absolute atomic E-state index is 12.1. The van der Waals surface area contributed by atoms with Gasteiger partial charge in [-0.15, -0.1) is 0 Å². The zero-order valence-electron chi connectivity index (χ0n) is 10.4. The summed E-state index contributed by atoms with van der Waals surface area (Å²) in [7, 11) is 0. The minimum Gasteiger partial charge on any atom is -0.354 e. The molecule has 2 rings (SSSR count). The molecule has 5 heteroatoms. The summed E-state index contributed by atoms with van der Waals surface area (Å²) in [5.74, 6) is 0.805. The molecule has 96 valence electrons. The molecule has 17 heavy (non-hydrogen) atoms. The third kappa shape index (κ3) is 3.43. The van der Waals surface area contributed by atoms with Gasteiger partial charge in [-0.3, -0.25) is 14.5 Å². The van der Waals surface area contributed by atoms with Crippen molar-refractivity contribution in [1.29, 1.82) is 0 Å². The molecule has 2 amide bonds. The smallest absolute Gasteiger partial charge is 0.236 e. The summed E-state index contributed by atoms with van der Waals surface area (Å²) >= 11 is 0. The highest BCUT2D eigenvalue weighted by Gasteiger charge is 2.24. The first kappa shape index (κ1) is 12.4. The van der Waals surface area contributed by atoms with E-state index in [0.29, 0.717) is 25.6 Å². The van der Waals surface area contributed by atoms with Gasteiger partial charge in [0.15, 0.2) is 0 Å². The molecule has 2 aliphatic rings. The molecular formula is C12H21N3O2. The summed E-state index contributed by atoms with van der Waals surface area (Å²) in [6.07, 6.45) is 2.32. The fraction of sp³-hybridized carbons (Fsp3) is 0.833. The summed E-state index contributed by atoms with van der Waals surface area (Å²) in [5, 5.41) is 2.77. The van der Waals surface area contributed by atoms with Gasteiger partial charge in [-0.25, -0.2) is 0 Å². The number of hydrogen-bond acceptors (Lipinski definition) is 3. The van der Waals surface area contributed by atoms with Crippen LogP contribution in [0.3, 0.4) is 0 Å². The third-order valence-electron chi connectivity index (χ3n) is 3.49. The zero-order valence-corrected chi connectivity index (χ0v) is 10.4. The Morgan fingerprint density at radius 1 is 1.47 bits per heavy atom. The Morgan fingerprint density at radius 3 is 3.00 bits per heavy atom. The average molecular weight is 239 g/mol. The third-order valence-corrected chi connectivity index (χ3v) is 3.49. The lowest BCUT2D eigenvalue weighted by atomic mass is 10.0. The van der Waals surface area contributed by atoms with E-state index in [4.69, 9.17) is 0 Å². The number of likely N-dealkylation sites (tertiary alicyclic amines) is 1. The molecule has 0 spiro atoms. The van der Waals surface area contributed by atoms with Crippen molar-refractivity contribution < 1.29 is 9.59 Å². The first-order valence-corrected chi connectivity index (χ1v) is 6.42. The lowest BCUT2D eigenvalue weighted by molar-refractivity contribution is -0.135. The van der Waals surface area contributed by atoms with Crippen molar-refractivity contribution in [3.8, 4) is 0 Å². The van der Waals surface area contributed by atoms with Crippen LogP contribution in [0.5, 0.6) is 0 Å². The Hall–Kier alpha value is -1.10. The predicted octanol–water partition coefficient (Wildman–Crippen LogP) is -0.323. The van der Waals surface area contributed by atoms with Crippen molar-refractivity contribution in [2.45, 2.75) is 19.8 Å². The Balaban J connectivity index is 1.81. The summed E-state index contributed by atoms with van der Waals surface area (Å²) in [6.45, 7) is 6.12. The van der Waals surface area contributed by atoms with Crippen molar-refractivity contribution in [1.82, 2.24) is 15.1 Å². The molecule has 2 fully saturated rings. The molecule has 1 N–H and O–H groups in total. The highest BCUT2D eigenvalue weighted by Crippen LogP contribution is 2.15. The minimum atomic E-state index is 0.0241. The molecule has 0 radical (unpaired) electrons. The van der Waals surface area contributed by atoms with Gasteiger partial charge >= 0.3 is 0 Å². The molecule has 0 bridgehead atoms. The van der Waals surface area contributed by atoms with Crippen LogP contribution >= 0.6 is 0 Å². The molecule has 2 aliphatic heterocycles. The van der Waals surface area contributed by atoms with E-state index in [9.17, 15) is 9.59 Å². The van der Waals surface area contributed by atoms with Crippen LogP contribution in [0.15, 0.2) is 0 Å². The topological polar surface area (TPSA) is 52.7 Å². The molecule has 5 nitrogen and oxygen atoms in total. The van der Waals surface area contributed by atoms with E-state index >= 15 is 0 Å². The number of carbonyl (C=O) groups excluding carboxylic acids is 2. The molecule has 2 saturated heterocycles. The van der Waals surface area contributed by atoms with Crippen molar-refractivity contribution in [3.63, 3.8) is 0 Å². The predicted molar refractivity (Wildman–Crippen MR) is 64.4 cm³/mol. The molecule has 0 saturated carbocycles. The maximum Gasteiger partial charge on any atom is 0.236 e. The Bertz CT molecular complexity index is 306. The van der Waals surface area contributed by atoms with Crippen LogP contribution < -0.4 is 5.32 Å². The molecule has 1 unspecified atom stereocenters. The lowest BCUT2D eigenvalue weighted by Gasteiger charge is -2.33. The number of amides is 2. The number of carbonyl (C=O) groups is 2. The number of nitrogens with one attached hydrogen (secondary N) is 1. The molecule has 2 heterocycles. The van der Waals surface area contributed by atoms with Crippen molar-refractivity contribution in [2.24, 2.45) is 5.92 Å². The number of rotatable bonds is 2. The van der Waals surface area contributed by atoms with E-state index in [1.165, 1.54) is 6.42 Å². The highest BCUT2D eigenvalue weighted by molar-refractivity contribution is 5.81. The van der Waals surface area contributed by atoms with Gasteiger partial charge in [-0.2, -0.15) is 0 Å². The second kappa shape index (κ2) is 5.49.